The van der Waals surface area contributed by atoms with Crippen LogP contribution in [0.1, 0.15) is 102 Å². The Hall–Kier alpha value is -6.24. The van der Waals surface area contributed by atoms with E-state index in [9.17, 15) is 29.4 Å². The number of anilines is 1. The number of carboxylic acids is 1. The van der Waals surface area contributed by atoms with E-state index in [1.54, 1.807) is 18.9 Å². The number of likely N-dealkylation sites (tertiary alicyclic amines) is 1. The van der Waals surface area contributed by atoms with E-state index in [0.29, 0.717) is 111 Å². The average molecular weight is 1060 g/mol. The van der Waals surface area contributed by atoms with Crippen LogP contribution in [0.4, 0.5) is 5.69 Å². The van der Waals surface area contributed by atoms with Gasteiger partial charge in [-0.3, -0.25) is 24.1 Å². The van der Waals surface area contributed by atoms with Gasteiger partial charge in [0.25, 0.3) is 5.91 Å². The fourth-order valence-electron chi connectivity index (χ4n) is 16.3. The molecule has 7 heterocycles. The Morgan fingerprint density at radius 3 is 2.42 bits per heavy atom. The van der Waals surface area contributed by atoms with E-state index in [2.05, 4.69) is 40.3 Å². The molecule has 4 N–H and O–H groups in total. The number of fused-ring (bicyclic) bond motifs is 6. The molecule has 1 spiro atoms. The van der Waals surface area contributed by atoms with E-state index in [-0.39, 0.29) is 36.8 Å². The van der Waals surface area contributed by atoms with Gasteiger partial charge in [-0.25, -0.2) is 9.59 Å². The van der Waals surface area contributed by atoms with Crippen molar-refractivity contribution in [2.75, 3.05) is 79.1 Å². The molecule has 414 valence electrons. The van der Waals surface area contributed by atoms with E-state index in [1.807, 2.05) is 62.2 Å². The first kappa shape index (κ1) is 54.1. The van der Waals surface area contributed by atoms with Crippen molar-refractivity contribution in [2.45, 2.75) is 133 Å². The molecule has 1 aromatic heterocycles. The number of hydrogen-bond acceptors (Lipinski definition) is 13. The molecule has 2 aromatic carbocycles. The molecule has 18 nitrogen and oxygen atoms in total. The van der Waals surface area contributed by atoms with Gasteiger partial charge in [-0.1, -0.05) is 70.5 Å². The molecule has 10 rings (SSSR count). The maximum atomic E-state index is 15.9. The minimum Gasteiger partial charge on any atom is -0.496 e. The maximum Gasteiger partial charge on any atom is 0.344 e. The van der Waals surface area contributed by atoms with Crippen molar-refractivity contribution in [2.24, 2.45) is 17.3 Å². The van der Waals surface area contributed by atoms with Crippen LogP contribution in [-0.4, -0.2) is 175 Å². The standard InChI is InChI=1S/C59H76N6O12/c1-10-34(4)47(50(69)70)61-49(68)43-19-15-24-64(43)46(67)33-65-26-20-39-38-17-13-14-18-42(38)60-48(39)58(54(71)75-8,30-37(32-65)27-36(11-2)31-65)41-28-40-44(29-45(41)74-7)62(6)52-57(40)22-25-63-23-16-21-56(12-3,51(57)63)53(77-35(5)66)59(52,73)55(72)76-9/h13-14,16-18,21,27-29,34,37,43,47,51-53,60,73H,10-12,15,19-20,22-26,30-33H2,1-9H3,(H-,61,68,69,70)/p+1/t34-,37-,43-,47-,51-,52+,53+,56+,57+,58-,59-,65?/m0/s1. The van der Waals surface area contributed by atoms with Crippen molar-refractivity contribution in [3.8, 4) is 5.75 Å². The van der Waals surface area contributed by atoms with Crippen LogP contribution in [0.25, 0.3) is 10.9 Å². The largest absolute Gasteiger partial charge is 0.496 e. The van der Waals surface area contributed by atoms with Crippen LogP contribution in [0.15, 0.2) is 60.2 Å². The highest BCUT2D eigenvalue weighted by Gasteiger charge is 2.80. The highest BCUT2D eigenvalue weighted by atomic mass is 16.6. The van der Waals surface area contributed by atoms with Crippen LogP contribution in [0.5, 0.6) is 5.75 Å². The van der Waals surface area contributed by atoms with E-state index in [0.717, 1.165) is 27.6 Å². The van der Waals surface area contributed by atoms with Crippen molar-refractivity contribution in [3.63, 3.8) is 0 Å². The van der Waals surface area contributed by atoms with Crippen LogP contribution >= 0.6 is 0 Å². The fourth-order valence-corrected chi connectivity index (χ4v) is 16.3. The lowest BCUT2D eigenvalue weighted by Gasteiger charge is -2.63. The predicted octanol–water partition coefficient (Wildman–Crippen LogP) is 4.92. The van der Waals surface area contributed by atoms with Gasteiger partial charge in [0.1, 0.15) is 29.8 Å². The van der Waals surface area contributed by atoms with Crippen molar-refractivity contribution < 1.29 is 62.4 Å². The number of H-pyrrole nitrogens is 1. The second-order valence-corrected chi connectivity index (χ2v) is 23.3. The van der Waals surface area contributed by atoms with Gasteiger partial charge in [0.05, 0.1) is 40.5 Å². The van der Waals surface area contributed by atoms with Crippen LogP contribution in [0.2, 0.25) is 0 Å². The highest BCUT2D eigenvalue weighted by molar-refractivity contribution is 5.95. The Balaban J connectivity index is 1.15. The summed E-state index contributed by atoms with van der Waals surface area (Å²) in [7, 11) is 6.06. The molecule has 1 saturated carbocycles. The molecule has 2 amide bonds. The molecule has 12 atom stereocenters. The number of aliphatic carboxylic acids is 1. The summed E-state index contributed by atoms with van der Waals surface area (Å²) in [6.45, 7) is 12.4. The van der Waals surface area contributed by atoms with Gasteiger partial charge < -0.3 is 53.7 Å². The number of likely N-dealkylation sites (N-methyl/N-ethyl adjacent to an activating group) is 1. The molecule has 18 heteroatoms. The number of nitrogens with zero attached hydrogens (tertiary/aromatic N) is 4. The number of rotatable bonds is 14. The predicted molar refractivity (Wildman–Crippen MR) is 286 cm³/mol. The summed E-state index contributed by atoms with van der Waals surface area (Å²) in [5.74, 6) is -4.02. The summed E-state index contributed by atoms with van der Waals surface area (Å²) >= 11 is 0. The molecule has 3 fully saturated rings. The average Bonchev–Trinajstić information content (AvgIpc) is 4.38. The number of amides is 2. The van der Waals surface area contributed by atoms with E-state index in [1.165, 1.54) is 21.1 Å². The van der Waals surface area contributed by atoms with Crippen LogP contribution in [-0.2, 0) is 60.2 Å². The Labute approximate surface area is 450 Å². The van der Waals surface area contributed by atoms with Crippen LogP contribution in [0, 0.1) is 17.3 Å². The quantitative estimate of drug-likeness (QED) is 0.0730. The van der Waals surface area contributed by atoms with Gasteiger partial charge in [0.15, 0.2) is 12.6 Å². The van der Waals surface area contributed by atoms with Crippen molar-refractivity contribution in [1.29, 1.82) is 0 Å². The highest BCUT2D eigenvalue weighted by Crippen LogP contribution is 2.68. The topological polar surface area (TPSA) is 217 Å². The molecule has 6 aliphatic heterocycles. The number of carboxylic acid groups (broad SMARTS) is 1. The van der Waals surface area contributed by atoms with Crippen LogP contribution < -0.4 is 15.0 Å². The Morgan fingerprint density at radius 2 is 1.74 bits per heavy atom. The molecular formula is C59H77N6O12+. The van der Waals surface area contributed by atoms with Gasteiger partial charge in [0.2, 0.25) is 11.5 Å². The first-order chi connectivity index (χ1) is 36.8. The molecule has 77 heavy (non-hydrogen) atoms. The molecule has 7 aliphatic rings. The smallest absolute Gasteiger partial charge is 0.344 e. The van der Waals surface area contributed by atoms with Crippen molar-refractivity contribution in [3.05, 3.63) is 82.6 Å². The Kier molecular flexibility index (Phi) is 14.0. The van der Waals surface area contributed by atoms with E-state index >= 15 is 9.59 Å². The summed E-state index contributed by atoms with van der Waals surface area (Å²) < 4.78 is 24.7. The summed E-state index contributed by atoms with van der Waals surface area (Å²) in [5, 5.41) is 27.3. The number of aromatic amines is 1. The third kappa shape index (κ3) is 7.95. The van der Waals surface area contributed by atoms with Gasteiger partial charge in [0, 0.05) is 90.2 Å². The number of carbonyl (C=O) groups is 6. The number of aromatic nitrogens is 1. The van der Waals surface area contributed by atoms with Gasteiger partial charge >= 0.3 is 23.9 Å². The molecule has 1 aliphatic carbocycles. The Bertz CT molecular complexity index is 2970. The second kappa shape index (κ2) is 19.9. The number of carbonyl (C=O) groups excluding carboxylic acids is 5. The maximum absolute atomic E-state index is 15.9. The van der Waals surface area contributed by atoms with Gasteiger partial charge in [-0.2, -0.15) is 0 Å². The zero-order chi connectivity index (χ0) is 55.1. The molecule has 2 bridgehead atoms. The van der Waals surface area contributed by atoms with E-state index in [4.69, 9.17) is 18.9 Å². The monoisotopic (exact) mass is 1060 g/mol. The number of ether oxygens (including phenoxy) is 4. The molecule has 0 radical (unpaired) electrons. The van der Waals surface area contributed by atoms with Crippen molar-refractivity contribution >= 4 is 52.3 Å². The lowest BCUT2D eigenvalue weighted by Crippen LogP contribution is -2.81. The SMILES string of the molecule is CCC1=C[C@H]2C[C@](C(=O)OC)(c3cc4c(cc3OC)N(C)[C@H]3[C@@](O)(C(=O)OC)[C@H](OC(C)=O)[C@]5(CC)C=CCN6CC[C@]43[C@@H]65)c3[nH]c4ccccc4c3CC[N+](CC(=O)N3CCC[C@H]3C(=O)N[C@H](C(=O)O)[C@@H](C)CC)(C1)C2. The normalized spacial score (nSPS) is 32.8. The first-order valence-corrected chi connectivity index (χ1v) is 27.7. The number of quaternary nitrogens is 1. The van der Waals surface area contributed by atoms with Gasteiger partial charge in [-0.05, 0) is 79.8 Å². The minimum atomic E-state index is -2.37. The molecular weight excluding hydrogens is 985 g/mol. The molecule has 3 aromatic rings. The number of benzene rings is 2. The number of esters is 3. The van der Waals surface area contributed by atoms with Crippen LogP contribution in [0.3, 0.4) is 0 Å². The molecule has 2 saturated heterocycles. The minimum absolute atomic E-state index is 0.0929. The summed E-state index contributed by atoms with van der Waals surface area (Å²) in [4.78, 5) is 94.8. The fraction of sp³-hybridized carbons (Fsp3) is 0.593. The number of aliphatic hydroxyl groups is 1. The number of nitrogens with one attached hydrogen (secondary N) is 2. The number of methoxy groups -OCH3 is 3. The first-order valence-electron chi connectivity index (χ1n) is 27.7. The number of para-hydroxylation sites is 1. The summed E-state index contributed by atoms with van der Waals surface area (Å²) in [6, 6.07) is 8.72. The third-order valence-corrected chi connectivity index (χ3v) is 19.6. The number of hydrogen-bond donors (Lipinski definition) is 4. The van der Waals surface area contributed by atoms with Crippen molar-refractivity contribution in [1.82, 2.24) is 20.1 Å². The second-order valence-electron chi connectivity index (χ2n) is 23.3. The lowest BCUT2D eigenvalue weighted by molar-refractivity contribution is -0.921. The zero-order valence-electron chi connectivity index (χ0n) is 46.1. The van der Waals surface area contributed by atoms with Gasteiger partial charge in [-0.15, -0.1) is 0 Å². The van der Waals surface area contributed by atoms with E-state index < -0.39 is 75.9 Å². The third-order valence-electron chi connectivity index (χ3n) is 19.6. The summed E-state index contributed by atoms with van der Waals surface area (Å²) in [5.41, 5.74) is -0.430. The Morgan fingerprint density at radius 1 is 0.987 bits per heavy atom. The lowest BCUT2D eigenvalue weighted by atomic mass is 9.47. The zero-order valence-corrected chi connectivity index (χ0v) is 46.1. The summed E-state index contributed by atoms with van der Waals surface area (Å²) in [6.07, 6.45) is 8.90. The molecule has 1 unspecified atom stereocenters.